The molecule has 0 saturated carbocycles. The molecule has 4 aromatic rings. The van der Waals surface area contributed by atoms with Gasteiger partial charge in [0.1, 0.15) is 5.00 Å². The van der Waals surface area contributed by atoms with Gasteiger partial charge in [0.2, 0.25) is 5.91 Å². The van der Waals surface area contributed by atoms with Crippen molar-refractivity contribution in [2.75, 3.05) is 18.2 Å². The van der Waals surface area contributed by atoms with Gasteiger partial charge in [0.05, 0.1) is 18.4 Å². The number of aryl methyl sites for hydroxylation is 3. The Bertz CT molecular complexity index is 1430. The van der Waals surface area contributed by atoms with Crippen LogP contribution >= 0.6 is 34.4 Å². The third-order valence-corrected chi connectivity index (χ3v) is 9.07. The number of hydrogen-bond acceptors (Lipinski definition) is 8. The molecule has 1 aromatic carbocycles. The number of benzene rings is 1. The monoisotopic (exact) mass is 554 g/mol. The molecule has 0 aliphatic heterocycles. The van der Waals surface area contributed by atoms with Crippen LogP contribution in [0.15, 0.2) is 34.8 Å². The quantitative estimate of drug-likeness (QED) is 0.182. The average Bonchev–Trinajstić information content (AvgIpc) is 3.56. The summed E-state index contributed by atoms with van der Waals surface area (Å²) in [6.07, 6.45) is 0.687. The topological polar surface area (TPSA) is 86.1 Å². The fourth-order valence-electron chi connectivity index (χ4n) is 4.28. The van der Waals surface area contributed by atoms with Crippen LogP contribution in [0.5, 0.6) is 0 Å². The maximum atomic E-state index is 12.9. The number of rotatable bonds is 9. The summed E-state index contributed by atoms with van der Waals surface area (Å²) in [5.74, 6) is 0.290. The molecule has 0 fully saturated rings. The van der Waals surface area contributed by atoms with Gasteiger partial charge >= 0.3 is 5.97 Å². The van der Waals surface area contributed by atoms with Gasteiger partial charge in [-0.1, -0.05) is 48.5 Å². The zero-order chi connectivity index (χ0) is 26.7. The Morgan fingerprint density at radius 2 is 1.81 bits per heavy atom. The molecule has 0 spiro atoms. The van der Waals surface area contributed by atoms with E-state index in [2.05, 4.69) is 59.0 Å². The van der Waals surface area contributed by atoms with E-state index in [1.807, 2.05) is 25.3 Å². The lowest BCUT2D eigenvalue weighted by Gasteiger charge is -2.10. The number of carbonyl (C=O) groups is 2. The van der Waals surface area contributed by atoms with E-state index in [0.29, 0.717) is 28.7 Å². The van der Waals surface area contributed by atoms with Crippen LogP contribution in [0.3, 0.4) is 0 Å². The minimum atomic E-state index is -0.435. The van der Waals surface area contributed by atoms with E-state index in [-0.39, 0.29) is 11.7 Å². The molecule has 0 bridgehead atoms. The van der Waals surface area contributed by atoms with Crippen LogP contribution in [-0.4, -0.2) is 39.5 Å². The zero-order valence-electron chi connectivity index (χ0n) is 21.8. The third kappa shape index (κ3) is 5.51. The maximum absolute atomic E-state index is 12.9. The summed E-state index contributed by atoms with van der Waals surface area (Å²) in [4.78, 5) is 27.5. The Morgan fingerprint density at radius 1 is 1.08 bits per heavy atom. The van der Waals surface area contributed by atoms with E-state index in [1.165, 1.54) is 40.6 Å². The van der Waals surface area contributed by atoms with Crippen molar-refractivity contribution in [1.29, 1.82) is 0 Å². The highest BCUT2D eigenvalue weighted by Crippen LogP contribution is 2.39. The minimum absolute atomic E-state index is 0.143. The van der Waals surface area contributed by atoms with Gasteiger partial charge in [-0.2, -0.15) is 0 Å². The van der Waals surface area contributed by atoms with Crippen molar-refractivity contribution in [3.05, 3.63) is 56.1 Å². The molecule has 7 nitrogen and oxygen atoms in total. The molecule has 1 N–H and O–H groups in total. The number of esters is 1. The predicted molar refractivity (Wildman–Crippen MR) is 153 cm³/mol. The summed E-state index contributed by atoms with van der Waals surface area (Å²) in [6.45, 7) is 10.8. The summed E-state index contributed by atoms with van der Waals surface area (Å²) in [6, 6.07) is 8.51. The number of hydrogen-bond donors (Lipinski definition) is 1. The second-order valence-corrected chi connectivity index (χ2v) is 11.8. The molecule has 4 rings (SSSR count). The summed E-state index contributed by atoms with van der Waals surface area (Å²) >= 11 is 4.42. The first kappa shape index (κ1) is 27.1. The van der Waals surface area contributed by atoms with Crippen LogP contribution in [-0.2, 0) is 22.5 Å². The van der Waals surface area contributed by atoms with Crippen molar-refractivity contribution in [3.63, 3.8) is 0 Å². The molecular formula is C27H30N4O3S3. The van der Waals surface area contributed by atoms with Crippen molar-refractivity contribution in [2.45, 2.75) is 52.7 Å². The number of anilines is 1. The molecule has 0 unspecified atom stereocenters. The second-order valence-electron chi connectivity index (χ2n) is 8.52. The Kier molecular flexibility index (Phi) is 8.51. The highest BCUT2D eigenvalue weighted by molar-refractivity contribution is 7.99. The summed E-state index contributed by atoms with van der Waals surface area (Å²) < 4.78 is 7.00. The Balaban J connectivity index is 1.55. The molecule has 0 atom stereocenters. The molecule has 194 valence electrons. The molecule has 37 heavy (non-hydrogen) atoms. The maximum Gasteiger partial charge on any atom is 0.341 e. The molecule has 0 saturated heterocycles. The number of amides is 1. The van der Waals surface area contributed by atoms with Gasteiger partial charge in [0, 0.05) is 32.8 Å². The fraction of sp³-hybridized carbons (Fsp3) is 0.333. The SMILES string of the molecule is CCc1c(C)sc(NC(=O)CSc2nnc(-c3csc(C)c3-c3ccc(C)cc3)n2CC)c1C(=O)OC. The first-order valence-corrected chi connectivity index (χ1v) is 14.7. The van der Waals surface area contributed by atoms with Gasteiger partial charge in [-0.15, -0.1) is 32.9 Å². The minimum Gasteiger partial charge on any atom is -0.465 e. The van der Waals surface area contributed by atoms with Gasteiger partial charge < -0.3 is 14.6 Å². The van der Waals surface area contributed by atoms with E-state index in [0.717, 1.165) is 33.0 Å². The van der Waals surface area contributed by atoms with Gasteiger partial charge in [-0.25, -0.2) is 4.79 Å². The second kappa shape index (κ2) is 11.6. The van der Waals surface area contributed by atoms with Crippen molar-refractivity contribution in [2.24, 2.45) is 0 Å². The molecule has 0 aliphatic carbocycles. The Hall–Kier alpha value is -2.95. The van der Waals surface area contributed by atoms with Crippen LogP contribution in [0.2, 0.25) is 0 Å². The molecule has 1 amide bonds. The van der Waals surface area contributed by atoms with E-state index < -0.39 is 5.97 Å². The highest BCUT2D eigenvalue weighted by atomic mass is 32.2. The Labute approximate surface area is 229 Å². The number of aromatic nitrogens is 3. The number of thiophene rings is 2. The standard InChI is InChI=1S/C27H30N4O3S3/c1-7-19-16(4)37-25(23(19)26(33)34-6)28-21(32)14-36-27-30-29-24(31(27)8-2)20-13-35-17(5)22(20)18-11-9-15(3)10-12-18/h9-13H,7-8,14H2,1-6H3,(H,28,32). The fourth-order valence-corrected chi connectivity index (χ4v) is 7.10. The van der Waals surface area contributed by atoms with Crippen molar-refractivity contribution < 1.29 is 14.3 Å². The number of methoxy groups -OCH3 is 1. The van der Waals surface area contributed by atoms with Crippen molar-refractivity contribution in [1.82, 2.24) is 14.8 Å². The molecule has 10 heteroatoms. The first-order chi connectivity index (χ1) is 17.8. The Morgan fingerprint density at radius 3 is 2.46 bits per heavy atom. The molecule has 0 aliphatic rings. The third-order valence-electron chi connectivity index (χ3n) is 6.13. The summed E-state index contributed by atoms with van der Waals surface area (Å²) in [5.41, 5.74) is 5.93. The number of carbonyl (C=O) groups excluding carboxylic acids is 2. The van der Waals surface area contributed by atoms with Crippen LogP contribution in [0.4, 0.5) is 5.00 Å². The highest BCUT2D eigenvalue weighted by Gasteiger charge is 2.24. The lowest BCUT2D eigenvalue weighted by atomic mass is 10.0. The van der Waals surface area contributed by atoms with Gasteiger partial charge in [-0.05, 0) is 45.2 Å². The van der Waals surface area contributed by atoms with Crippen LogP contribution in [0.1, 0.15) is 45.1 Å². The van der Waals surface area contributed by atoms with Gasteiger partial charge in [-0.3, -0.25) is 4.79 Å². The smallest absolute Gasteiger partial charge is 0.341 e. The van der Waals surface area contributed by atoms with Crippen LogP contribution in [0, 0.1) is 20.8 Å². The first-order valence-electron chi connectivity index (χ1n) is 12.0. The lowest BCUT2D eigenvalue weighted by molar-refractivity contribution is -0.113. The predicted octanol–water partition coefficient (Wildman–Crippen LogP) is 6.76. The molecular weight excluding hydrogens is 525 g/mol. The number of nitrogens with zero attached hydrogens (tertiary/aromatic N) is 3. The number of nitrogens with one attached hydrogen (secondary N) is 1. The van der Waals surface area contributed by atoms with Gasteiger partial charge in [0.15, 0.2) is 11.0 Å². The van der Waals surface area contributed by atoms with E-state index in [4.69, 9.17) is 4.74 Å². The van der Waals surface area contributed by atoms with Crippen molar-refractivity contribution >= 4 is 51.3 Å². The van der Waals surface area contributed by atoms with Crippen molar-refractivity contribution in [3.8, 4) is 22.5 Å². The van der Waals surface area contributed by atoms with E-state index in [9.17, 15) is 9.59 Å². The number of thioether (sulfide) groups is 1. The molecule has 3 heterocycles. The summed E-state index contributed by atoms with van der Waals surface area (Å²) in [5, 5.41) is 15.2. The normalized spacial score (nSPS) is 11.1. The summed E-state index contributed by atoms with van der Waals surface area (Å²) in [7, 11) is 1.35. The number of ether oxygens (including phenoxy) is 1. The molecule has 0 radical (unpaired) electrons. The lowest BCUT2D eigenvalue weighted by Crippen LogP contribution is -2.16. The molecule has 3 aromatic heterocycles. The average molecular weight is 555 g/mol. The van der Waals surface area contributed by atoms with Crippen LogP contribution in [0.25, 0.3) is 22.5 Å². The van der Waals surface area contributed by atoms with E-state index >= 15 is 0 Å². The zero-order valence-corrected chi connectivity index (χ0v) is 24.2. The largest absolute Gasteiger partial charge is 0.465 e. The van der Waals surface area contributed by atoms with E-state index in [1.54, 1.807) is 11.3 Å². The van der Waals surface area contributed by atoms with Gasteiger partial charge in [0.25, 0.3) is 0 Å². The van der Waals surface area contributed by atoms with Crippen LogP contribution < -0.4 is 5.32 Å².